The molecular formula is C53H51Cl2N5O10. The Bertz CT molecular complexity index is 2710. The molecule has 0 aliphatic carbocycles. The van der Waals surface area contributed by atoms with Gasteiger partial charge >= 0.3 is 11.9 Å². The van der Waals surface area contributed by atoms with Gasteiger partial charge in [-0.2, -0.15) is 10.5 Å². The van der Waals surface area contributed by atoms with Crippen LogP contribution in [0.4, 0.5) is 0 Å². The normalized spacial score (nSPS) is 11.8. The van der Waals surface area contributed by atoms with E-state index in [1.807, 2.05) is 50.2 Å². The van der Waals surface area contributed by atoms with Crippen molar-refractivity contribution in [2.45, 2.75) is 91.1 Å². The Labute approximate surface area is 415 Å². The summed E-state index contributed by atoms with van der Waals surface area (Å²) in [5, 5.41) is 60.1. The highest BCUT2D eigenvalue weighted by atomic mass is 35.5. The van der Waals surface area contributed by atoms with E-state index < -0.39 is 24.1 Å². The summed E-state index contributed by atoms with van der Waals surface area (Å²) in [7, 11) is 0. The lowest BCUT2D eigenvalue weighted by Crippen LogP contribution is -2.26. The summed E-state index contributed by atoms with van der Waals surface area (Å²) in [5.41, 5.74) is 9.37. The number of hydrogen-bond acceptors (Lipinski definition) is 13. The van der Waals surface area contributed by atoms with Crippen LogP contribution in [0.5, 0.6) is 23.0 Å². The number of aliphatic hydroxyl groups excluding tert-OH is 2. The average molecular weight is 989 g/mol. The number of hydrogen-bond donors (Lipinski definition) is 5. The minimum Gasteiger partial charge on any atom is -0.488 e. The highest BCUT2D eigenvalue weighted by molar-refractivity contribution is 6.32. The highest BCUT2D eigenvalue weighted by Crippen LogP contribution is 2.38. The smallest absolute Gasteiger partial charge is 0.332 e. The lowest BCUT2D eigenvalue weighted by Gasteiger charge is -2.19. The molecular weight excluding hydrogens is 938 g/mol. The van der Waals surface area contributed by atoms with Gasteiger partial charge in [0, 0.05) is 60.2 Å². The number of carboxylic acid groups (broad SMARTS) is 2. The fourth-order valence-corrected chi connectivity index (χ4v) is 7.97. The number of unbranched alkanes of at least 4 members (excludes halogenated alkanes) is 1. The van der Waals surface area contributed by atoms with E-state index in [1.54, 1.807) is 48.8 Å². The molecule has 2 atom stereocenters. The van der Waals surface area contributed by atoms with Crippen LogP contribution < -0.4 is 24.3 Å². The van der Waals surface area contributed by atoms with Crippen LogP contribution in [0.3, 0.4) is 0 Å². The van der Waals surface area contributed by atoms with Crippen molar-refractivity contribution in [2.75, 3.05) is 6.54 Å². The van der Waals surface area contributed by atoms with Crippen molar-refractivity contribution in [1.82, 2.24) is 15.3 Å². The molecule has 0 unspecified atom stereocenters. The van der Waals surface area contributed by atoms with Crippen molar-refractivity contribution in [2.24, 2.45) is 0 Å². The number of rotatable bonds is 25. The number of nitrogens with zero attached hydrogens (tertiary/aromatic N) is 4. The second-order valence-electron chi connectivity index (χ2n) is 16.4. The minimum atomic E-state index is -1.50. The second kappa shape index (κ2) is 25.4. The Balaban J connectivity index is 1.18. The van der Waals surface area contributed by atoms with Gasteiger partial charge in [0.1, 0.15) is 61.6 Å². The largest absolute Gasteiger partial charge is 0.488 e. The third kappa shape index (κ3) is 14.4. The predicted octanol–water partition coefficient (Wildman–Crippen LogP) is 9.21. The van der Waals surface area contributed by atoms with Crippen LogP contribution in [0.2, 0.25) is 10.0 Å². The number of aliphatic hydroxyl groups is 2. The molecule has 362 valence electrons. The first kappa shape index (κ1) is 52.1. The zero-order chi connectivity index (χ0) is 50.2. The molecule has 0 spiro atoms. The van der Waals surface area contributed by atoms with Gasteiger partial charge in [-0.05, 0) is 116 Å². The van der Waals surface area contributed by atoms with E-state index in [1.165, 1.54) is 12.4 Å². The topological polar surface area (TPSA) is 237 Å². The maximum absolute atomic E-state index is 11.1. The van der Waals surface area contributed by atoms with Gasteiger partial charge in [0.05, 0.1) is 21.2 Å². The van der Waals surface area contributed by atoms with Gasteiger partial charge in [0.25, 0.3) is 0 Å². The summed E-state index contributed by atoms with van der Waals surface area (Å²) in [6, 6.07) is 26.4. The van der Waals surface area contributed by atoms with E-state index in [9.17, 15) is 30.3 Å². The van der Waals surface area contributed by atoms with Crippen LogP contribution in [0, 0.1) is 36.5 Å². The Kier molecular flexibility index (Phi) is 18.9. The molecule has 6 aromatic rings. The van der Waals surface area contributed by atoms with Crippen molar-refractivity contribution in [3.63, 3.8) is 0 Å². The van der Waals surface area contributed by atoms with Gasteiger partial charge in [-0.1, -0.05) is 59.6 Å². The molecule has 0 saturated carbocycles. The third-order valence-corrected chi connectivity index (χ3v) is 12.1. The number of aliphatic carboxylic acids is 2. The number of pyridine rings is 2. The number of aryl methyl sites for hydroxylation is 1. The van der Waals surface area contributed by atoms with Crippen LogP contribution in [0.1, 0.15) is 81.3 Å². The summed E-state index contributed by atoms with van der Waals surface area (Å²) < 4.78 is 25.2. The standard InChI is InChI=1S/C53H51Cl2N5O10/c1-32-39(30-69-50-19-48(67-28-36-15-34(21-56)23-59-25-36)38(17-44(50)54)7-3-4-12-46(61)52(63)64)8-5-10-42(32)43-11-6-9-40(33(43)2)31-70-51-20-49(68-29-37-16-35(22-57)24-60-26-37)41(18-45(51)55)27-58-14-13-47(62)53(65)66/h5-6,8-11,15-20,23-26,46-47,58,61-62H,3-4,7,12-14,27-31H2,1-2H3,(H,63,64)(H,65,66)/t46-,47-/m0/s1. The summed E-state index contributed by atoms with van der Waals surface area (Å²) in [6.45, 7) is 5.09. The molecule has 0 aliphatic heterocycles. The molecule has 0 saturated heterocycles. The molecule has 0 amide bonds. The highest BCUT2D eigenvalue weighted by Gasteiger charge is 2.19. The van der Waals surface area contributed by atoms with Crippen LogP contribution in [0.15, 0.2) is 97.6 Å². The molecule has 2 aromatic heterocycles. The summed E-state index contributed by atoms with van der Waals surface area (Å²) in [4.78, 5) is 30.4. The van der Waals surface area contributed by atoms with Crippen molar-refractivity contribution >= 4 is 35.1 Å². The number of nitrogens with one attached hydrogen (secondary N) is 1. The van der Waals surface area contributed by atoms with Crippen molar-refractivity contribution in [3.8, 4) is 46.3 Å². The Morgan fingerprint density at radius 1 is 0.614 bits per heavy atom. The number of carboxylic acids is 2. The Hall–Kier alpha value is -7.24. The first-order valence-corrected chi connectivity index (χ1v) is 23.0. The average Bonchev–Trinajstić information content (AvgIpc) is 3.35. The van der Waals surface area contributed by atoms with E-state index >= 15 is 0 Å². The van der Waals surface area contributed by atoms with Crippen molar-refractivity contribution in [3.05, 3.63) is 163 Å². The Morgan fingerprint density at radius 3 is 1.59 bits per heavy atom. The molecule has 0 radical (unpaired) electrons. The predicted molar refractivity (Wildman–Crippen MR) is 261 cm³/mol. The fraction of sp³-hybridized carbons (Fsp3) is 0.283. The monoisotopic (exact) mass is 987 g/mol. The van der Waals surface area contributed by atoms with Crippen LogP contribution in [-0.2, 0) is 49.0 Å². The van der Waals surface area contributed by atoms with Gasteiger partial charge in [-0.15, -0.1) is 0 Å². The zero-order valence-corrected chi connectivity index (χ0v) is 40.0. The molecule has 6 rings (SSSR count). The number of ether oxygens (including phenoxy) is 4. The molecule has 70 heavy (non-hydrogen) atoms. The summed E-state index contributed by atoms with van der Waals surface area (Å²) >= 11 is 13.6. The molecule has 5 N–H and O–H groups in total. The molecule has 2 heterocycles. The molecule has 17 heteroatoms. The first-order chi connectivity index (χ1) is 33.7. The first-order valence-electron chi connectivity index (χ1n) is 22.3. The van der Waals surface area contributed by atoms with Gasteiger partial charge in [0.2, 0.25) is 0 Å². The maximum Gasteiger partial charge on any atom is 0.332 e. The maximum atomic E-state index is 11.1. The van der Waals surface area contributed by atoms with Gasteiger partial charge < -0.3 is 44.7 Å². The van der Waals surface area contributed by atoms with Crippen LogP contribution >= 0.6 is 23.2 Å². The number of halogens is 2. The van der Waals surface area contributed by atoms with E-state index in [-0.39, 0.29) is 52.4 Å². The van der Waals surface area contributed by atoms with Crippen LogP contribution in [0.25, 0.3) is 11.1 Å². The van der Waals surface area contributed by atoms with E-state index in [0.29, 0.717) is 80.1 Å². The quantitative estimate of drug-likeness (QED) is 0.0336. The van der Waals surface area contributed by atoms with E-state index in [2.05, 4.69) is 27.4 Å². The second-order valence-corrected chi connectivity index (χ2v) is 17.2. The number of aromatic nitrogens is 2. The van der Waals surface area contributed by atoms with Crippen molar-refractivity contribution < 1.29 is 49.0 Å². The van der Waals surface area contributed by atoms with Gasteiger partial charge in [-0.25, -0.2) is 9.59 Å². The lowest BCUT2D eigenvalue weighted by atomic mass is 9.92. The number of benzene rings is 4. The number of carbonyl (C=O) groups is 2. The summed E-state index contributed by atoms with van der Waals surface area (Å²) in [5.74, 6) is -0.852. The summed E-state index contributed by atoms with van der Waals surface area (Å²) in [6.07, 6.45) is 4.87. The SMILES string of the molecule is Cc1c(COc2cc(OCc3cncc(C#N)c3)c(CCCC[C@H](O)C(=O)O)cc2Cl)cccc1-c1cccc(COc2cc(OCc3cncc(C#N)c3)c(CNCC[C@H](O)C(=O)O)cc2Cl)c1C. The van der Waals surface area contributed by atoms with Crippen molar-refractivity contribution in [1.29, 1.82) is 10.5 Å². The Morgan fingerprint density at radius 2 is 1.09 bits per heavy atom. The zero-order valence-electron chi connectivity index (χ0n) is 38.5. The molecule has 4 aromatic carbocycles. The van der Waals surface area contributed by atoms with Gasteiger partial charge in [-0.3, -0.25) is 9.97 Å². The minimum absolute atomic E-state index is 0.000921. The van der Waals surface area contributed by atoms with Crippen LogP contribution in [-0.4, -0.2) is 61.1 Å². The third-order valence-electron chi connectivity index (χ3n) is 11.5. The van der Waals surface area contributed by atoms with E-state index in [0.717, 1.165) is 38.9 Å². The molecule has 0 bridgehead atoms. The lowest BCUT2D eigenvalue weighted by molar-refractivity contribution is -0.147. The molecule has 0 aliphatic rings. The molecule has 0 fully saturated rings. The van der Waals surface area contributed by atoms with E-state index in [4.69, 9.17) is 52.4 Å². The van der Waals surface area contributed by atoms with Gasteiger partial charge in [0.15, 0.2) is 12.2 Å². The molecule has 15 nitrogen and oxygen atoms in total. The fourth-order valence-electron chi connectivity index (χ4n) is 7.49. The number of nitriles is 2.